The molecule has 6 heavy (non-hydrogen) atoms. The van der Waals surface area contributed by atoms with Crippen LogP contribution >= 0.6 is 0 Å². The van der Waals surface area contributed by atoms with Gasteiger partial charge in [0, 0.05) is 0 Å². The van der Waals surface area contributed by atoms with Crippen molar-refractivity contribution in [3.05, 3.63) is 24.3 Å². The molecule has 0 nitrogen and oxygen atoms in total. The molecule has 1 aliphatic rings. The molecule has 0 spiro atoms. The second-order valence-corrected chi connectivity index (χ2v) is 1.00. The first-order valence-electron chi connectivity index (χ1n) is 1.72. The van der Waals surface area contributed by atoms with Crippen LogP contribution < -0.4 is 0 Å². The SMILES string of the molecule is [C-]1=CC=CC1.[Sc+3]. The molecule has 0 fully saturated rings. The smallest absolute Gasteiger partial charge is 0.273 e. The van der Waals surface area contributed by atoms with Crippen molar-refractivity contribution in [2.45, 2.75) is 6.42 Å². The Morgan fingerprint density at radius 2 is 2.33 bits per heavy atom. The summed E-state index contributed by atoms with van der Waals surface area (Å²) in [6.07, 6.45) is 10.0. The summed E-state index contributed by atoms with van der Waals surface area (Å²) in [6, 6.07) is 0. The van der Waals surface area contributed by atoms with Gasteiger partial charge in [-0.3, -0.25) is 6.08 Å². The third kappa shape index (κ3) is 1.71. The van der Waals surface area contributed by atoms with E-state index in [-0.39, 0.29) is 25.8 Å². The molecule has 0 unspecified atom stereocenters. The first-order valence-corrected chi connectivity index (χ1v) is 1.72. The van der Waals surface area contributed by atoms with Crippen LogP contribution in [0.3, 0.4) is 0 Å². The molecule has 0 saturated heterocycles. The Labute approximate surface area is 56.7 Å². The molecule has 1 heteroatoms. The van der Waals surface area contributed by atoms with E-state index in [0.29, 0.717) is 0 Å². The van der Waals surface area contributed by atoms with Gasteiger partial charge in [0.1, 0.15) is 0 Å². The topological polar surface area (TPSA) is 0 Å². The summed E-state index contributed by atoms with van der Waals surface area (Å²) in [7, 11) is 0. The van der Waals surface area contributed by atoms with Crippen LogP contribution in [0.5, 0.6) is 0 Å². The average molecular weight is 110 g/mol. The Balaban J connectivity index is 0.000000250. The van der Waals surface area contributed by atoms with Gasteiger partial charge in [-0.15, -0.1) is 6.42 Å². The first kappa shape index (κ1) is 6.35. The Hall–Kier alpha value is 0.350. The number of hydrogen-bond acceptors (Lipinski definition) is 0. The third-order valence-corrected chi connectivity index (χ3v) is 0.586. The molecule has 0 aliphatic heterocycles. The molecule has 0 amide bonds. The molecule has 0 saturated carbocycles. The summed E-state index contributed by atoms with van der Waals surface area (Å²) in [5.41, 5.74) is 0. The van der Waals surface area contributed by atoms with Gasteiger partial charge in [0.05, 0.1) is 0 Å². The van der Waals surface area contributed by atoms with Crippen LogP contribution in [0, 0.1) is 6.08 Å². The van der Waals surface area contributed by atoms with Crippen molar-refractivity contribution in [3.8, 4) is 0 Å². The maximum atomic E-state index is 2.99. The molecule has 0 aromatic rings. The van der Waals surface area contributed by atoms with E-state index < -0.39 is 0 Å². The van der Waals surface area contributed by atoms with E-state index in [4.69, 9.17) is 0 Å². The molecule has 0 heterocycles. The third-order valence-electron chi connectivity index (χ3n) is 0.586. The molecule has 1 rings (SSSR count). The van der Waals surface area contributed by atoms with Crippen molar-refractivity contribution < 1.29 is 25.8 Å². The van der Waals surface area contributed by atoms with E-state index in [1.165, 1.54) is 0 Å². The fraction of sp³-hybridized carbons (Fsp3) is 0.200. The van der Waals surface area contributed by atoms with Gasteiger partial charge in [-0.2, -0.15) is 6.08 Å². The molecule has 0 aromatic heterocycles. The summed E-state index contributed by atoms with van der Waals surface area (Å²) in [5, 5.41) is 0. The van der Waals surface area contributed by atoms with Crippen LogP contribution in [0.25, 0.3) is 0 Å². The minimum Gasteiger partial charge on any atom is -0.273 e. The van der Waals surface area contributed by atoms with Gasteiger partial charge in [-0.05, 0) is 0 Å². The van der Waals surface area contributed by atoms with Crippen LogP contribution in [-0.4, -0.2) is 0 Å². The van der Waals surface area contributed by atoms with Gasteiger partial charge in [0.2, 0.25) is 0 Å². The Morgan fingerprint density at radius 1 is 1.50 bits per heavy atom. The molecule has 1 aliphatic carbocycles. The molecular formula is C5H5Sc+2. The molecule has 0 bridgehead atoms. The maximum Gasteiger partial charge on any atom is 3.00 e. The van der Waals surface area contributed by atoms with Gasteiger partial charge < -0.3 is 0 Å². The van der Waals surface area contributed by atoms with Crippen LogP contribution in [-0.2, 0) is 25.8 Å². The monoisotopic (exact) mass is 110 g/mol. The number of hydrogen-bond donors (Lipinski definition) is 0. The number of allylic oxidation sites excluding steroid dienone is 4. The van der Waals surface area contributed by atoms with E-state index >= 15 is 0 Å². The average Bonchev–Trinajstić information content (AvgIpc) is 1.76. The fourth-order valence-electron chi connectivity index (χ4n) is 0.340. The van der Waals surface area contributed by atoms with Crippen LogP contribution in [0.2, 0.25) is 0 Å². The molecule has 0 radical (unpaired) electrons. The molecular weight excluding hydrogens is 105 g/mol. The molecule has 0 atom stereocenters. The van der Waals surface area contributed by atoms with Gasteiger partial charge in [-0.1, -0.05) is 0 Å². The summed E-state index contributed by atoms with van der Waals surface area (Å²) < 4.78 is 0. The zero-order valence-corrected chi connectivity index (χ0v) is 5.32. The Kier molecular flexibility index (Phi) is 3.74. The van der Waals surface area contributed by atoms with Gasteiger partial charge >= 0.3 is 25.8 Å². The summed E-state index contributed by atoms with van der Waals surface area (Å²) >= 11 is 0. The van der Waals surface area contributed by atoms with E-state index in [1.807, 2.05) is 12.2 Å². The predicted octanol–water partition coefficient (Wildman–Crippen LogP) is 1.30. The second-order valence-electron chi connectivity index (χ2n) is 1.00. The van der Waals surface area contributed by atoms with Crippen molar-refractivity contribution in [1.29, 1.82) is 0 Å². The molecule has 0 aromatic carbocycles. The van der Waals surface area contributed by atoms with Crippen molar-refractivity contribution in [2.75, 3.05) is 0 Å². The largest absolute Gasteiger partial charge is 3.00 e. The van der Waals surface area contributed by atoms with E-state index in [2.05, 4.69) is 12.2 Å². The zero-order valence-electron chi connectivity index (χ0n) is 3.52. The fourth-order valence-corrected chi connectivity index (χ4v) is 0.340. The summed E-state index contributed by atoms with van der Waals surface area (Å²) in [6.45, 7) is 0. The van der Waals surface area contributed by atoms with E-state index in [0.717, 1.165) is 6.42 Å². The van der Waals surface area contributed by atoms with Crippen molar-refractivity contribution in [3.63, 3.8) is 0 Å². The number of rotatable bonds is 0. The van der Waals surface area contributed by atoms with Crippen molar-refractivity contribution in [1.82, 2.24) is 0 Å². The van der Waals surface area contributed by atoms with Gasteiger partial charge in [0.15, 0.2) is 0 Å². The summed E-state index contributed by atoms with van der Waals surface area (Å²) in [5.74, 6) is 0. The van der Waals surface area contributed by atoms with E-state index in [1.54, 1.807) is 0 Å². The molecule has 0 N–H and O–H groups in total. The van der Waals surface area contributed by atoms with Gasteiger partial charge in [0.25, 0.3) is 0 Å². The van der Waals surface area contributed by atoms with E-state index in [9.17, 15) is 0 Å². The van der Waals surface area contributed by atoms with Crippen LogP contribution in [0.4, 0.5) is 0 Å². The first-order chi connectivity index (χ1) is 2.50. The minimum atomic E-state index is 0. The second kappa shape index (κ2) is 3.54. The van der Waals surface area contributed by atoms with Crippen molar-refractivity contribution >= 4 is 0 Å². The summed E-state index contributed by atoms with van der Waals surface area (Å²) in [4.78, 5) is 0. The van der Waals surface area contributed by atoms with Crippen LogP contribution in [0.15, 0.2) is 18.2 Å². The van der Waals surface area contributed by atoms with Gasteiger partial charge in [-0.25, -0.2) is 12.2 Å². The Morgan fingerprint density at radius 3 is 2.50 bits per heavy atom. The quantitative estimate of drug-likeness (QED) is 0.412. The standard InChI is InChI=1S/C5H5.Sc/c1-2-4-5-3-1;/h1-3H,4H2;/q-1;+3. The molecule has 26 valence electrons. The normalized spacial score (nSPS) is 14.7. The predicted molar refractivity (Wildman–Crippen MR) is 21.6 cm³/mol. The van der Waals surface area contributed by atoms with Crippen molar-refractivity contribution in [2.24, 2.45) is 0 Å². The zero-order chi connectivity index (χ0) is 3.54. The minimum absolute atomic E-state index is 0. The Bertz CT molecular complexity index is 62.0. The maximum absolute atomic E-state index is 2.99. The van der Waals surface area contributed by atoms with Crippen LogP contribution in [0.1, 0.15) is 6.42 Å².